The molecule has 7 heteroatoms. The van der Waals surface area contributed by atoms with Gasteiger partial charge in [0.05, 0.1) is 24.5 Å². The van der Waals surface area contributed by atoms with E-state index >= 15 is 0 Å². The SMILES string of the molecule is CN=C(NCc1cn2ccc(C)cc2n1)NCc1nc(C)c(C)s1. The topological polar surface area (TPSA) is 66.6 Å². The maximum atomic E-state index is 4.62. The van der Waals surface area contributed by atoms with Crippen molar-refractivity contribution in [1.82, 2.24) is 25.0 Å². The lowest BCUT2D eigenvalue weighted by Gasteiger charge is -2.09. The minimum absolute atomic E-state index is 0.621. The van der Waals surface area contributed by atoms with E-state index in [1.54, 1.807) is 18.4 Å². The molecular formula is C17H22N6S. The molecule has 0 atom stereocenters. The van der Waals surface area contributed by atoms with Crippen molar-refractivity contribution in [2.24, 2.45) is 4.99 Å². The van der Waals surface area contributed by atoms with Crippen LogP contribution in [-0.4, -0.2) is 27.4 Å². The molecule has 126 valence electrons. The van der Waals surface area contributed by atoms with Crippen LogP contribution in [0.4, 0.5) is 0 Å². The Bertz CT molecular complexity index is 857. The third kappa shape index (κ3) is 3.73. The highest BCUT2D eigenvalue weighted by molar-refractivity contribution is 7.11. The molecule has 3 rings (SSSR count). The van der Waals surface area contributed by atoms with Gasteiger partial charge in [0.1, 0.15) is 10.7 Å². The standard InChI is InChI=1S/C17H22N6S/c1-11-5-6-23-10-14(22-15(23)7-11)8-19-17(18-4)20-9-16-21-12(2)13(3)24-16/h5-7,10H,8-9H2,1-4H3,(H2,18,19,20). The van der Waals surface area contributed by atoms with Gasteiger partial charge in [0.15, 0.2) is 5.96 Å². The Morgan fingerprint density at radius 1 is 1.21 bits per heavy atom. The largest absolute Gasteiger partial charge is 0.351 e. The summed E-state index contributed by atoms with van der Waals surface area (Å²) in [5.74, 6) is 0.744. The second kappa shape index (κ2) is 7.00. The van der Waals surface area contributed by atoms with Crippen molar-refractivity contribution in [3.63, 3.8) is 0 Å². The number of imidazole rings is 1. The number of hydrogen-bond donors (Lipinski definition) is 2. The van der Waals surface area contributed by atoms with Crippen LogP contribution in [0.25, 0.3) is 5.65 Å². The smallest absolute Gasteiger partial charge is 0.191 e. The Hall–Kier alpha value is -2.41. The summed E-state index contributed by atoms with van der Waals surface area (Å²) in [5.41, 5.74) is 4.24. The number of aryl methyl sites for hydroxylation is 3. The molecule has 0 saturated carbocycles. The average molecular weight is 342 g/mol. The monoisotopic (exact) mass is 342 g/mol. The predicted octanol–water partition coefficient (Wildman–Crippen LogP) is 2.58. The van der Waals surface area contributed by atoms with Gasteiger partial charge in [-0.2, -0.15) is 0 Å². The number of guanidine groups is 1. The van der Waals surface area contributed by atoms with Crippen molar-refractivity contribution in [3.05, 3.63) is 51.4 Å². The Kier molecular flexibility index (Phi) is 4.80. The van der Waals surface area contributed by atoms with Crippen molar-refractivity contribution >= 4 is 22.9 Å². The second-order valence-corrected chi connectivity index (χ2v) is 7.02. The zero-order chi connectivity index (χ0) is 17.1. The summed E-state index contributed by atoms with van der Waals surface area (Å²) < 4.78 is 2.03. The number of nitrogens with zero attached hydrogens (tertiary/aromatic N) is 4. The molecule has 0 saturated heterocycles. The number of rotatable bonds is 4. The van der Waals surface area contributed by atoms with Crippen LogP contribution in [0.3, 0.4) is 0 Å². The molecule has 3 aromatic heterocycles. The van der Waals surface area contributed by atoms with Crippen molar-refractivity contribution in [1.29, 1.82) is 0 Å². The van der Waals surface area contributed by atoms with Crippen LogP contribution < -0.4 is 10.6 Å². The van der Waals surface area contributed by atoms with E-state index in [0.717, 1.165) is 28.0 Å². The van der Waals surface area contributed by atoms with Crippen molar-refractivity contribution < 1.29 is 0 Å². The molecule has 0 aliphatic rings. The number of hydrogen-bond acceptors (Lipinski definition) is 4. The minimum Gasteiger partial charge on any atom is -0.351 e. The van der Waals surface area contributed by atoms with Crippen LogP contribution >= 0.6 is 11.3 Å². The zero-order valence-corrected chi connectivity index (χ0v) is 15.2. The highest BCUT2D eigenvalue weighted by Gasteiger charge is 2.06. The fourth-order valence-electron chi connectivity index (χ4n) is 2.39. The summed E-state index contributed by atoms with van der Waals surface area (Å²) in [5, 5.41) is 7.65. The van der Waals surface area contributed by atoms with E-state index in [-0.39, 0.29) is 0 Å². The molecule has 6 nitrogen and oxygen atoms in total. The molecule has 24 heavy (non-hydrogen) atoms. The highest BCUT2D eigenvalue weighted by atomic mass is 32.1. The molecule has 2 N–H and O–H groups in total. The molecule has 3 aromatic rings. The van der Waals surface area contributed by atoms with E-state index in [0.29, 0.717) is 13.1 Å². The molecule has 0 fully saturated rings. The first-order valence-corrected chi connectivity index (χ1v) is 8.68. The van der Waals surface area contributed by atoms with E-state index in [1.807, 2.05) is 23.7 Å². The Morgan fingerprint density at radius 3 is 2.71 bits per heavy atom. The van der Waals surface area contributed by atoms with E-state index in [9.17, 15) is 0 Å². The molecule has 0 spiro atoms. The molecule has 0 aromatic carbocycles. The first-order valence-electron chi connectivity index (χ1n) is 7.87. The van der Waals surface area contributed by atoms with Gasteiger partial charge < -0.3 is 15.0 Å². The van der Waals surface area contributed by atoms with E-state index < -0.39 is 0 Å². The number of fused-ring (bicyclic) bond motifs is 1. The first-order chi connectivity index (χ1) is 11.5. The molecule has 0 amide bonds. The van der Waals surface area contributed by atoms with Gasteiger partial charge in [-0.3, -0.25) is 4.99 Å². The maximum Gasteiger partial charge on any atom is 0.191 e. The van der Waals surface area contributed by atoms with Gasteiger partial charge in [-0.25, -0.2) is 9.97 Å². The summed E-state index contributed by atoms with van der Waals surface area (Å²) in [6.07, 6.45) is 4.06. The molecular weight excluding hydrogens is 320 g/mol. The van der Waals surface area contributed by atoms with Gasteiger partial charge in [-0.1, -0.05) is 0 Å². The van der Waals surface area contributed by atoms with Crippen LogP contribution in [0.15, 0.2) is 29.5 Å². The Balaban J connectivity index is 1.58. The molecule has 3 heterocycles. The normalized spacial score (nSPS) is 11.9. The number of thiazole rings is 1. The van der Waals surface area contributed by atoms with E-state index in [4.69, 9.17) is 0 Å². The zero-order valence-electron chi connectivity index (χ0n) is 14.4. The fraction of sp³-hybridized carbons (Fsp3) is 0.353. The molecule has 0 unspecified atom stereocenters. The van der Waals surface area contributed by atoms with Gasteiger partial charge >= 0.3 is 0 Å². The summed E-state index contributed by atoms with van der Waals surface area (Å²) in [4.78, 5) is 14.7. The van der Waals surface area contributed by atoms with Crippen molar-refractivity contribution in [2.45, 2.75) is 33.9 Å². The average Bonchev–Trinajstić information content (AvgIpc) is 3.10. The Labute approximate surface area is 145 Å². The van der Waals surface area contributed by atoms with Gasteiger partial charge in [-0.05, 0) is 38.5 Å². The number of aromatic nitrogens is 3. The molecule has 0 bridgehead atoms. The third-order valence-corrected chi connectivity index (χ3v) is 4.88. The summed E-state index contributed by atoms with van der Waals surface area (Å²) in [7, 11) is 1.76. The van der Waals surface area contributed by atoms with Crippen molar-refractivity contribution in [3.8, 4) is 0 Å². The second-order valence-electron chi connectivity index (χ2n) is 5.73. The number of nitrogens with one attached hydrogen (secondary N) is 2. The predicted molar refractivity (Wildman–Crippen MR) is 98.6 cm³/mol. The van der Waals surface area contributed by atoms with Crippen LogP contribution in [0.2, 0.25) is 0 Å². The minimum atomic E-state index is 0.621. The summed E-state index contributed by atoms with van der Waals surface area (Å²) in [6, 6.07) is 4.15. The number of aliphatic imine (C=N–C) groups is 1. The quantitative estimate of drug-likeness (QED) is 0.565. The van der Waals surface area contributed by atoms with Crippen LogP contribution in [-0.2, 0) is 13.1 Å². The Morgan fingerprint density at radius 2 is 2.00 bits per heavy atom. The van der Waals surface area contributed by atoms with Crippen molar-refractivity contribution in [2.75, 3.05) is 7.05 Å². The lowest BCUT2D eigenvalue weighted by atomic mass is 10.3. The van der Waals surface area contributed by atoms with Crippen LogP contribution in [0.1, 0.15) is 26.8 Å². The molecule has 0 aliphatic carbocycles. The highest BCUT2D eigenvalue weighted by Crippen LogP contribution is 2.15. The summed E-state index contributed by atoms with van der Waals surface area (Å²) >= 11 is 1.71. The van der Waals surface area contributed by atoms with Crippen LogP contribution in [0, 0.1) is 20.8 Å². The first kappa shape index (κ1) is 16.4. The van der Waals surface area contributed by atoms with Crippen LogP contribution in [0.5, 0.6) is 0 Å². The van der Waals surface area contributed by atoms with Gasteiger partial charge in [0.25, 0.3) is 0 Å². The van der Waals surface area contributed by atoms with E-state index in [1.165, 1.54) is 10.4 Å². The van der Waals surface area contributed by atoms with E-state index in [2.05, 4.69) is 51.6 Å². The molecule has 0 radical (unpaired) electrons. The van der Waals surface area contributed by atoms with Gasteiger partial charge in [-0.15, -0.1) is 11.3 Å². The van der Waals surface area contributed by atoms with Gasteiger partial charge in [0.2, 0.25) is 0 Å². The summed E-state index contributed by atoms with van der Waals surface area (Å²) in [6.45, 7) is 7.49. The fourth-order valence-corrected chi connectivity index (χ4v) is 3.26. The maximum absolute atomic E-state index is 4.62. The third-order valence-electron chi connectivity index (χ3n) is 3.81. The lowest BCUT2D eigenvalue weighted by molar-refractivity contribution is 0.794. The van der Waals surface area contributed by atoms with Gasteiger partial charge in [0, 0.05) is 24.3 Å². The molecule has 0 aliphatic heterocycles. The number of pyridine rings is 1. The lowest BCUT2D eigenvalue weighted by Crippen LogP contribution is -2.36.